The second-order valence-electron chi connectivity index (χ2n) is 4.98. The van der Waals surface area contributed by atoms with Crippen LogP contribution in [-0.4, -0.2) is 49.7 Å². The summed E-state index contributed by atoms with van der Waals surface area (Å²) in [5, 5.41) is 0. The molecule has 1 atom stereocenters. The van der Waals surface area contributed by atoms with E-state index in [0.29, 0.717) is 19.8 Å². The van der Waals surface area contributed by atoms with Gasteiger partial charge in [-0.15, -0.1) is 0 Å². The summed E-state index contributed by atoms with van der Waals surface area (Å²) in [7, 11) is 0. The summed E-state index contributed by atoms with van der Waals surface area (Å²) in [6.45, 7) is 8.78. The summed E-state index contributed by atoms with van der Waals surface area (Å²) in [5.74, 6) is -0.316. The van der Waals surface area contributed by atoms with Crippen molar-refractivity contribution < 1.29 is 19.1 Å². The first-order chi connectivity index (χ1) is 9.08. The second kappa shape index (κ2) is 8.15. The van der Waals surface area contributed by atoms with Gasteiger partial charge < -0.3 is 14.4 Å². The average molecular weight is 271 g/mol. The van der Waals surface area contributed by atoms with Gasteiger partial charge in [0.05, 0.1) is 25.0 Å². The van der Waals surface area contributed by atoms with Crippen molar-refractivity contribution in [2.75, 3.05) is 32.8 Å². The number of rotatable bonds is 6. The molecule has 1 saturated heterocycles. The van der Waals surface area contributed by atoms with Crippen molar-refractivity contribution in [3.63, 3.8) is 0 Å². The molecule has 0 saturated carbocycles. The van der Waals surface area contributed by atoms with Crippen LogP contribution >= 0.6 is 0 Å². The SMILES string of the molecule is CCOC(=O)C(C)CN1CCC(C(=O)OCC)CC1. The maximum absolute atomic E-state index is 11.6. The number of nitrogens with zero attached hydrogens (tertiary/aromatic N) is 1. The Balaban J connectivity index is 2.30. The van der Waals surface area contributed by atoms with Crippen molar-refractivity contribution in [1.82, 2.24) is 4.90 Å². The molecule has 0 radical (unpaired) electrons. The number of hydrogen-bond acceptors (Lipinski definition) is 5. The van der Waals surface area contributed by atoms with Crippen molar-refractivity contribution >= 4 is 11.9 Å². The Labute approximate surface area is 115 Å². The lowest BCUT2D eigenvalue weighted by molar-refractivity contribution is -0.151. The topological polar surface area (TPSA) is 55.8 Å². The minimum absolute atomic E-state index is 0.0223. The van der Waals surface area contributed by atoms with Crippen LogP contribution in [0, 0.1) is 11.8 Å². The van der Waals surface area contributed by atoms with Crippen LogP contribution in [0.25, 0.3) is 0 Å². The highest BCUT2D eigenvalue weighted by atomic mass is 16.5. The number of esters is 2. The molecule has 5 heteroatoms. The fraction of sp³-hybridized carbons (Fsp3) is 0.857. The Kier molecular flexibility index (Phi) is 6.84. The smallest absolute Gasteiger partial charge is 0.309 e. The number of carbonyl (C=O) groups is 2. The molecular formula is C14H25NO4. The van der Waals surface area contributed by atoms with Crippen LogP contribution in [0.1, 0.15) is 33.6 Å². The number of piperidine rings is 1. The molecule has 0 aromatic rings. The first-order valence-corrected chi connectivity index (χ1v) is 7.14. The molecule has 5 nitrogen and oxygen atoms in total. The van der Waals surface area contributed by atoms with Gasteiger partial charge in [-0.2, -0.15) is 0 Å². The van der Waals surface area contributed by atoms with Crippen LogP contribution < -0.4 is 0 Å². The van der Waals surface area contributed by atoms with Gasteiger partial charge in [0.15, 0.2) is 0 Å². The first-order valence-electron chi connectivity index (χ1n) is 7.14. The fourth-order valence-corrected chi connectivity index (χ4v) is 2.36. The van der Waals surface area contributed by atoms with Gasteiger partial charge in [-0.3, -0.25) is 9.59 Å². The molecule has 1 aliphatic rings. The molecule has 110 valence electrons. The fourth-order valence-electron chi connectivity index (χ4n) is 2.36. The lowest BCUT2D eigenvalue weighted by Crippen LogP contribution is -2.40. The van der Waals surface area contributed by atoms with Crippen LogP contribution in [0.5, 0.6) is 0 Å². The lowest BCUT2D eigenvalue weighted by atomic mass is 9.96. The highest BCUT2D eigenvalue weighted by Crippen LogP contribution is 2.19. The standard InChI is InChI=1S/C14H25NO4/c1-4-18-13(16)11(3)10-15-8-6-12(7-9-15)14(17)19-5-2/h11-12H,4-10H2,1-3H3. The van der Waals surface area contributed by atoms with Gasteiger partial charge in [-0.1, -0.05) is 6.92 Å². The van der Waals surface area contributed by atoms with Gasteiger partial charge in [-0.05, 0) is 39.8 Å². The number of ether oxygens (including phenoxy) is 2. The lowest BCUT2D eigenvalue weighted by Gasteiger charge is -2.31. The van der Waals surface area contributed by atoms with Gasteiger partial charge in [0.1, 0.15) is 0 Å². The van der Waals surface area contributed by atoms with E-state index in [2.05, 4.69) is 4.90 Å². The predicted molar refractivity (Wildman–Crippen MR) is 71.6 cm³/mol. The molecule has 1 unspecified atom stereocenters. The van der Waals surface area contributed by atoms with E-state index < -0.39 is 0 Å². The van der Waals surface area contributed by atoms with E-state index in [4.69, 9.17) is 9.47 Å². The van der Waals surface area contributed by atoms with Crippen molar-refractivity contribution in [2.24, 2.45) is 11.8 Å². The Morgan fingerprint density at radius 2 is 1.74 bits per heavy atom. The van der Waals surface area contributed by atoms with Crippen LogP contribution in [0.4, 0.5) is 0 Å². The molecule has 0 amide bonds. The summed E-state index contributed by atoms with van der Waals surface area (Å²) in [6.07, 6.45) is 1.63. The van der Waals surface area contributed by atoms with Gasteiger partial charge in [-0.25, -0.2) is 0 Å². The van der Waals surface area contributed by atoms with E-state index in [9.17, 15) is 9.59 Å². The van der Waals surface area contributed by atoms with Gasteiger partial charge in [0.25, 0.3) is 0 Å². The first kappa shape index (κ1) is 16.0. The molecule has 1 rings (SSSR count). The van der Waals surface area contributed by atoms with Crippen LogP contribution in [0.3, 0.4) is 0 Å². The van der Waals surface area contributed by atoms with Gasteiger partial charge >= 0.3 is 11.9 Å². The van der Waals surface area contributed by atoms with E-state index in [1.165, 1.54) is 0 Å². The molecule has 0 aromatic heterocycles. The highest BCUT2D eigenvalue weighted by molar-refractivity contribution is 5.73. The zero-order valence-electron chi connectivity index (χ0n) is 12.2. The average Bonchev–Trinajstić information content (AvgIpc) is 2.40. The molecule has 19 heavy (non-hydrogen) atoms. The third-order valence-corrected chi connectivity index (χ3v) is 3.43. The number of hydrogen-bond donors (Lipinski definition) is 0. The molecule has 0 bridgehead atoms. The molecule has 1 aliphatic heterocycles. The van der Waals surface area contributed by atoms with E-state index in [-0.39, 0.29) is 23.8 Å². The largest absolute Gasteiger partial charge is 0.466 e. The third-order valence-electron chi connectivity index (χ3n) is 3.43. The van der Waals surface area contributed by atoms with Crippen molar-refractivity contribution in [3.8, 4) is 0 Å². The minimum Gasteiger partial charge on any atom is -0.466 e. The molecule has 1 heterocycles. The number of likely N-dealkylation sites (tertiary alicyclic amines) is 1. The quantitative estimate of drug-likeness (QED) is 0.685. The van der Waals surface area contributed by atoms with Crippen LogP contribution in [-0.2, 0) is 19.1 Å². The van der Waals surface area contributed by atoms with Crippen molar-refractivity contribution in [1.29, 1.82) is 0 Å². The van der Waals surface area contributed by atoms with Gasteiger partial charge in [0, 0.05) is 6.54 Å². The van der Waals surface area contributed by atoms with E-state index in [1.807, 2.05) is 20.8 Å². The molecular weight excluding hydrogens is 246 g/mol. The molecule has 0 N–H and O–H groups in total. The zero-order valence-corrected chi connectivity index (χ0v) is 12.2. The van der Waals surface area contributed by atoms with Gasteiger partial charge in [0.2, 0.25) is 0 Å². The van der Waals surface area contributed by atoms with Crippen molar-refractivity contribution in [2.45, 2.75) is 33.6 Å². The van der Waals surface area contributed by atoms with Crippen LogP contribution in [0.15, 0.2) is 0 Å². The summed E-state index contributed by atoms with van der Waals surface area (Å²) < 4.78 is 10.0. The van der Waals surface area contributed by atoms with Crippen LogP contribution in [0.2, 0.25) is 0 Å². The summed E-state index contributed by atoms with van der Waals surface area (Å²) in [6, 6.07) is 0. The summed E-state index contributed by atoms with van der Waals surface area (Å²) >= 11 is 0. The molecule has 1 fully saturated rings. The number of carbonyl (C=O) groups excluding carboxylic acids is 2. The normalized spacial score (nSPS) is 18.9. The van der Waals surface area contributed by atoms with E-state index in [0.717, 1.165) is 25.9 Å². The van der Waals surface area contributed by atoms with E-state index in [1.54, 1.807) is 0 Å². The summed E-state index contributed by atoms with van der Waals surface area (Å²) in [5.41, 5.74) is 0. The summed E-state index contributed by atoms with van der Waals surface area (Å²) in [4.78, 5) is 25.4. The zero-order chi connectivity index (χ0) is 14.3. The highest BCUT2D eigenvalue weighted by Gasteiger charge is 2.27. The van der Waals surface area contributed by atoms with Crippen molar-refractivity contribution in [3.05, 3.63) is 0 Å². The Morgan fingerprint density at radius 1 is 1.16 bits per heavy atom. The minimum atomic E-state index is -0.144. The predicted octanol–water partition coefficient (Wildman–Crippen LogP) is 1.46. The monoisotopic (exact) mass is 271 g/mol. The maximum Gasteiger partial charge on any atom is 0.309 e. The molecule has 0 aromatic carbocycles. The Hall–Kier alpha value is -1.10. The molecule has 0 spiro atoms. The Bertz CT molecular complexity index is 298. The molecule has 0 aliphatic carbocycles. The second-order valence-corrected chi connectivity index (χ2v) is 4.98. The maximum atomic E-state index is 11.6. The Morgan fingerprint density at radius 3 is 2.26 bits per heavy atom. The third kappa shape index (κ3) is 5.19. The van der Waals surface area contributed by atoms with E-state index >= 15 is 0 Å².